The minimum absolute atomic E-state index is 0.0236. The number of aliphatic hydroxyl groups is 1. The number of alkyl halides is 3. The van der Waals surface area contributed by atoms with Crippen LogP contribution in [0, 0.1) is 0 Å². The van der Waals surface area contributed by atoms with Crippen LogP contribution in [0.5, 0.6) is 0 Å². The molecule has 1 atom stereocenters. The van der Waals surface area contributed by atoms with Gasteiger partial charge in [-0.2, -0.15) is 13.2 Å². The van der Waals surface area contributed by atoms with E-state index in [0.717, 1.165) is 12.1 Å². The topological polar surface area (TPSA) is 92.6 Å². The highest BCUT2D eigenvalue weighted by molar-refractivity contribution is 7.92. The Morgan fingerprint density at radius 2 is 1.91 bits per heavy atom. The molecule has 1 aromatic carbocycles. The molecule has 0 aliphatic heterocycles. The summed E-state index contributed by atoms with van der Waals surface area (Å²) >= 11 is 11.7. The van der Waals surface area contributed by atoms with Gasteiger partial charge < -0.3 is 9.84 Å². The molecule has 7 nitrogen and oxygen atoms in total. The number of anilines is 1. The molecule has 2 heterocycles. The zero-order valence-corrected chi connectivity index (χ0v) is 19.1. The van der Waals surface area contributed by atoms with Gasteiger partial charge in [0, 0.05) is 31.3 Å². The molecular formula is C20H16Cl2F3N3O4S. The number of ether oxygens (including phenoxy) is 1. The highest BCUT2D eigenvalue weighted by Gasteiger charge is 2.36. The quantitative estimate of drug-likeness (QED) is 0.453. The Morgan fingerprint density at radius 1 is 1.18 bits per heavy atom. The van der Waals surface area contributed by atoms with Crippen molar-refractivity contribution in [2.45, 2.75) is 17.2 Å². The van der Waals surface area contributed by atoms with Crippen LogP contribution < -0.4 is 4.31 Å². The second kappa shape index (κ2) is 9.82. The van der Waals surface area contributed by atoms with Crippen LogP contribution in [0.4, 0.5) is 18.9 Å². The van der Waals surface area contributed by atoms with Crippen LogP contribution in [0.1, 0.15) is 22.9 Å². The Hall–Kier alpha value is -2.44. The maximum absolute atomic E-state index is 13.4. The molecule has 1 unspecified atom stereocenters. The predicted molar refractivity (Wildman–Crippen MR) is 116 cm³/mol. The Kier molecular flexibility index (Phi) is 7.49. The van der Waals surface area contributed by atoms with Gasteiger partial charge in [-0.25, -0.2) is 12.7 Å². The molecule has 0 radical (unpaired) electrons. The van der Waals surface area contributed by atoms with E-state index in [1.807, 2.05) is 0 Å². The van der Waals surface area contributed by atoms with Crippen LogP contribution >= 0.6 is 23.2 Å². The van der Waals surface area contributed by atoms with Gasteiger partial charge in [0.05, 0.1) is 31.9 Å². The number of rotatable bonds is 7. The van der Waals surface area contributed by atoms with E-state index in [1.165, 1.54) is 31.8 Å². The molecule has 13 heteroatoms. The number of pyridine rings is 2. The van der Waals surface area contributed by atoms with Gasteiger partial charge in [0.15, 0.2) is 0 Å². The Bertz CT molecular complexity index is 1250. The molecule has 33 heavy (non-hydrogen) atoms. The first-order valence-corrected chi connectivity index (χ1v) is 11.3. The van der Waals surface area contributed by atoms with Crippen LogP contribution in [0.15, 0.2) is 59.9 Å². The number of nitrogens with zero attached hydrogens (tertiary/aromatic N) is 3. The van der Waals surface area contributed by atoms with Gasteiger partial charge in [-0.1, -0.05) is 29.3 Å². The first kappa shape index (κ1) is 25.2. The molecule has 176 valence electrons. The van der Waals surface area contributed by atoms with Crippen molar-refractivity contribution in [2.75, 3.05) is 18.1 Å². The lowest BCUT2D eigenvalue weighted by Crippen LogP contribution is -2.34. The number of methoxy groups -OCH3 is 1. The summed E-state index contributed by atoms with van der Waals surface area (Å²) in [6, 6.07) is 6.51. The van der Waals surface area contributed by atoms with Crippen molar-refractivity contribution in [3.63, 3.8) is 0 Å². The van der Waals surface area contributed by atoms with Gasteiger partial charge in [0.1, 0.15) is 12.8 Å². The van der Waals surface area contributed by atoms with Gasteiger partial charge in [0.25, 0.3) is 10.0 Å². The highest BCUT2D eigenvalue weighted by Crippen LogP contribution is 2.38. The standard InChI is InChI=1S/C20H16Cl2F3N3O4S/c1-32-11-28(33(30,31)14-4-5-16(22)15(8-14)20(23,24)25)17-7-13(21)10-27-18(17)19(29)12-3-2-6-26-9-12/h2-10,19,29H,11H2,1H3. The molecule has 0 aliphatic rings. The van der Waals surface area contributed by atoms with E-state index in [4.69, 9.17) is 27.9 Å². The minimum Gasteiger partial charge on any atom is -0.382 e. The van der Waals surface area contributed by atoms with Gasteiger partial charge in [-0.05, 0) is 30.3 Å². The molecule has 3 rings (SSSR count). The fourth-order valence-electron chi connectivity index (χ4n) is 2.94. The van der Waals surface area contributed by atoms with Gasteiger partial charge in [0.2, 0.25) is 0 Å². The van der Waals surface area contributed by atoms with Crippen LogP contribution in [0.25, 0.3) is 0 Å². The van der Waals surface area contributed by atoms with E-state index in [0.29, 0.717) is 15.9 Å². The number of hydrogen-bond acceptors (Lipinski definition) is 6. The second-order valence-corrected chi connectivity index (χ2v) is 9.36. The first-order valence-electron chi connectivity index (χ1n) is 9.08. The lowest BCUT2D eigenvalue weighted by atomic mass is 10.1. The second-order valence-electron chi connectivity index (χ2n) is 6.66. The summed E-state index contributed by atoms with van der Waals surface area (Å²) in [7, 11) is -3.45. The third kappa shape index (κ3) is 5.39. The van der Waals surface area contributed by atoms with Crippen LogP contribution in [-0.4, -0.2) is 37.3 Å². The van der Waals surface area contributed by atoms with Crippen molar-refractivity contribution >= 4 is 38.9 Å². The van der Waals surface area contributed by atoms with E-state index in [2.05, 4.69) is 9.97 Å². The average molecular weight is 522 g/mol. The SMILES string of the molecule is COCN(c1cc(Cl)cnc1C(O)c1cccnc1)S(=O)(=O)c1ccc(Cl)c(C(F)(F)F)c1. The summed E-state index contributed by atoms with van der Waals surface area (Å²) in [5.74, 6) is 0. The molecule has 0 bridgehead atoms. The van der Waals surface area contributed by atoms with Crippen molar-refractivity contribution in [2.24, 2.45) is 0 Å². The van der Waals surface area contributed by atoms with Gasteiger partial charge in [-0.3, -0.25) is 9.97 Å². The van der Waals surface area contributed by atoms with E-state index in [1.54, 1.807) is 12.1 Å². The van der Waals surface area contributed by atoms with Crippen molar-refractivity contribution in [3.8, 4) is 0 Å². The van der Waals surface area contributed by atoms with Crippen LogP contribution in [0.3, 0.4) is 0 Å². The zero-order chi connectivity index (χ0) is 24.4. The first-order chi connectivity index (χ1) is 15.5. The molecule has 1 N–H and O–H groups in total. The number of aromatic nitrogens is 2. The Balaban J connectivity index is 2.18. The smallest absolute Gasteiger partial charge is 0.382 e. The highest BCUT2D eigenvalue weighted by atomic mass is 35.5. The molecule has 0 amide bonds. The monoisotopic (exact) mass is 521 g/mol. The Morgan fingerprint density at radius 3 is 2.52 bits per heavy atom. The van der Waals surface area contributed by atoms with E-state index >= 15 is 0 Å². The lowest BCUT2D eigenvalue weighted by Gasteiger charge is -2.27. The third-order valence-corrected chi connectivity index (χ3v) is 6.74. The molecule has 0 spiro atoms. The predicted octanol–water partition coefficient (Wildman–Crippen LogP) is 4.68. The number of hydrogen-bond donors (Lipinski definition) is 1. The van der Waals surface area contributed by atoms with Crippen molar-refractivity contribution in [1.82, 2.24) is 9.97 Å². The number of benzene rings is 1. The van der Waals surface area contributed by atoms with E-state index in [9.17, 15) is 26.7 Å². The average Bonchev–Trinajstić information content (AvgIpc) is 2.76. The molecule has 0 saturated carbocycles. The van der Waals surface area contributed by atoms with Gasteiger partial charge >= 0.3 is 6.18 Å². The fourth-order valence-corrected chi connectivity index (χ4v) is 4.73. The largest absolute Gasteiger partial charge is 0.417 e. The van der Waals surface area contributed by atoms with E-state index in [-0.39, 0.29) is 16.4 Å². The maximum atomic E-state index is 13.4. The molecular weight excluding hydrogens is 506 g/mol. The summed E-state index contributed by atoms with van der Waals surface area (Å²) in [6.45, 7) is -0.610. The van der Waals surface area contributed by atoms with Gasteiger partial charge in [-0.15, -0.1) is 0 Å². The summed E-state index contributed by atoms with van der Waals surface area (Å²) < 4.78 is 72.4. The van der Waals surface area contributed by atoms with Crippen molar-refractivity contribution in [3.05, 3.63) is 81.9 Å². The van der Waals surface area contributed by atoms with Crippen LogP contribution in [0.2, 0.25) is 10.0 Å². The molecule has 0 saturated heterocycles. The summed E-state index contributed by atoms with van der Waals surface area (Å²) in [5.41, 5.74) is -1.33. The van der Waals surface area contributed by atoms with Crippen LogP contribution in [-0.2, 0) is 20.9 Å². The number of halogens is 5. The zero-order valence-electron chi connectivity index (χ0n) is 16.8. The molecule has 0 fully saturated rings. The lowest BCUT2D eigenvalue weighted by molar-refractivity contribution is -0.137. The van der Waals surface area contributed by atoms with Crippen molar-refractivity contribution in [1.29, 1.82) is 0 Å². The maximum Gasteiger partial charge on any atom is 0.417 e. The number of sulfonamides is 1. The third-order valence-electron chi connectivity index (χ3n) is 4.47. The number of aliphatic hydroxyl groups excluding tert-OH is 1. The van der Waals surface area contributed by atoms with E-state index < -0.39 is 44.5 Å². The molecule has 0 aliphatic carbocycles. The molecule has 2 aromatic heterocycles. The molecule has 3 aromatic rings. The fraction of sp³-hybridized carbons (Fsp3) is 0.200. The summed E-state index contributed by atoms with van der Waals surface area (Å²) in [5, 5.41) is 10.2. The normalized spacial score (nSPS) is 13.1. The van der Waals surface area contributed by atoms with Crippen molar-refractivity contribution < 1.29 is 31.4 Å². The minimum atomic E-state index is -4.88. The summed E-state index contributed by atoms with van der Waals surface area (Å²) in [6.07, 6.45) is -2.27. The summed E-state index contributed by atoms with van der Waals surface area (Å²) in [4.78, 5) is 7.27. The Labute approximate surface area is 197 Å².